The number of nitrogens with two attached hydrogens (primary N) is 1. The Morgan fingerprint density at radius 3 is 2.46 bits per heavy atom. The molecule has 0 spiro atoms. The average molecular weight is 466 g/mol. The highest BCUT2D eigenvalue weighted by atomic mass is 79.9. The Morgan fingerprint density at radius 2 is 1.89 bits per heavy atom. The SMILES string of the molecule is CC1(C)Cn2ncc([S@](N)(=O)=NC(=O)Nc3c4c(c(Br)c5c3CC5)CC4)c2O1. The van der Waals surface area contributed by atoms with Crippen LogP contribution in [-0.4, -0.2) is 25.6 Å². The third-order valence-corrected chi connectivity index (χ3v) is 7.85. The molecule has 3 aliphatic rings. The van der Waals surface area contributed by atoms with E-state index in [2.05, 4.69) is 30.7 Å². The number of ether oxygens (including phenoxy) is 1. The standard InChI is InChI=1S/C18H20BrN5O3S/c1-18(2)8-24-16(27-18)13(7-21-24)28(20,26)23-17(25)22-15-11-5-3-9(11)14(19)10-4-6-12(10)15/h7H,3-6,8H2,1-2H3,(H3,20,22,23,25,26)/t28-/m1/s1. The van der Waals surface area contributed by atoms with E-state index in [1.165, 1.54) is 21.8 Å². The van der Waals surface area contributed by atoms with E-state index < -0.39 is 21.5 Å². The second kappa shape index (κ2) is 5.80. The molecule has 2 aliphatic carbocycles. The number of fused-ring (bicyclic) bond motifs is 3. The minimum atomic E-state index is -3.48. The lowest BCUT2D eigenvalue weighted by Crippen LogP contribution is -2.27. The van der Waals surface area contributed by atoms with Gasteiger partial charge < -0.3 is 10.1 Å². The number of nitrogens with one attached hydrogen (secondary N) is 1. The highest BCUT2D eigenvalue weighted by Crippen LogP contribution is 2.46. The number of amides is 2. The van der Waals surface area contributed by atoms with Crippen molar-refractivity contribution in [3.8, 4) is 5.88 Å². The molecule has 0 fully saturated rings. The van der Waals surface area contributed by atoms with Gasteiger partial charge in [-0.05, 0) is 61.8 Å². The van der Waals surface area contributed by atoms with Crippen LogP contribution in [0.2, 0.25) is 0 Å². The largest absolute Gasteiger partial charge is 0.469 e. The van der Waals surface area contributed by atoms with Gasteiger partial charge >= 0.3 is 6.03 Å². The summed E-state index contributed by atoms with van der Waals surface area (Å²) in [5, 5.41) is 12.9. The predicted octanol–water partition coefficient (Wildman–Crippen LogP) is 2.95. The lowest BCUT2D eigenvalue weighted by Gasteiger charge is -2.33. The molecule has 1 aromatic carbocycles. The Balaban J connectivity index is 1.47. The maximum absolute atomic E-state index is 13.0. The normalized spacial score (nSPS) is 19.9. The van der Waals surface area contributed by atoms with E-state index in [-0.39, 0.29) is 4.90 Å². The van der Waals surface area contributed by atoms with E-state index in [0.717, 1.165) is 42.5 Å². The van der Waals surface area contributed by atoms with Crippen molar-refractivity contribution in [2.24, 2.45) is 9.50 Å². The Morgan fingerprint density at radius 1 is 1.29 bits per heavy atom. The van der Waals surface area contributed by atoms with Crippen molar-refractivity contribution in [3.05, 3.63) is 32.9 Å². The number of halogens is 1. The maximum atomic E-state index is 13.0. The third kappa shape index (κ3) is 2.61. The molecular formula is C18H20BrN5O3S. The smallest absolute Gasteiger partial charge is 0.354 e. The molecule has 0 saturated heterocycles. The van der Waals surface area contributed by atoms with E-state index in [1.807, 2.05) is 13.8 Å². The third-order valence-electron chi connectivity index (χ3n) is 5.54. The lowest BCUT2D eigenvalue weighted by molar-refractivity contribution is 0.132. The monoisotopic (exact) mass is 465 g/mol. The molecule has 2 aromatic rings. The zero-order chi connectivity index (χ0) is 19.8. The zero-order valence-electron chi connectivity index (χ0n) is 15.5. The first-order chi connectivity index (χ1) is 13.2. The first-order valence-electron chi connectivity index (χ1n) is 9.12. The summed E-state index contributed by atoms with van der Waals surface area (Å²) in [5.74, 6) is 0.311. The van der Waals surface area contributed by atoms with Crippen molar-refractivity contribution >= 4 is 37.6 Å². The number of carbonyl (C=O) groups is 1. The highest BCUT2D eigenvalue weighted by Gasteiger charge is 2.36. The molecule has 0 radical (unpaired) electrons. The van der Waals surface area contributed by atoms with Crippen LogP contribution in [0.3, 0.4) is 0 Å². The van der Waals surface area contributed by atoms with Gasteiger partial charge in [-0.1, -0.05) is 15.9 Å². The quantitative estimate of drug-likeness (QED) is 0.709. The number of hydrogen-bond acceptors (Lipinski definition) is 4. The van der Waals surface area contributed by atoms with E-state index in [4.69, 9.17) is 9.88 Å². The predicted molar refractivity (Wildman–Crippen MR) is 108 cm³/mol. The van der Waals surface area contributed by atoms with Gasteiger partial charge in [0.05, 0.1) is 12.7 Å². The summed E-state index contributed by atoms with van der Waals surface area (Å²) < 4.78 is 25.4. The van der Waals surface area contributed by atoms with Crippen molar-refractivity contribution in [2.45, 2.75) is 56.6 Å². The number of rotatable bonds is 2. The summed E-state index contributed by atoms with van der Waals surface area (Å²) in [6.45, 7) is 4.31. The lowest BCUT2D eigenvalue weighted by atomic mass is 9.76. The molecule has 8 nitrogen and oxygen atoms in total. The molecule has 0 bridgehead atoms. The number of hydrogen-bond donors (Lipinski definition) is 2. The van der Waals surface area contributed by atoms with E-state index >= 15 is 0 Å². The molecule has 0 unspecified atom stereocenters. The van der Waals surface area contributed by atoms with Crippen molar-refractivity contribution in [3.63, 3.8) is 0 Å². The number of aromatic nitrogens is 2. The molecule has 0 saturated carbocycles. The molecule has 2 amide bonds. The fourth-order valence-corrected chi connectivity index (χ4v) is 5.89. The van der Waals surface area contributed by atoms with Gasteiger partial charge in [0.25, 0.3) is 0 Å². The summed E-state index contributed by atoms with van der Waals surface area (Å²) in [5.41, 5.74) is 5.09. The average Bonchev–Trinajstić information content (AvgIpc) is 2.97. The molecule has 1 atom stereocenters. The molecule has 148 valence electrons. The number of urea groups is 1. The van der Waals surface area contributed by atoms with E-state index in [9.17, 15) is 9.00 Å². The molecule has 3 N–H and O–H groups in total. The zero-order valence-corrected chi connectivity index (χ0v) is 17.9. The van der Waals surface area contributed by atoms with Crippen LogP contribution in [0.25, 0.3) is 0 Å². The van der Waals surface area contributed by atoms with Gasteiger partial charge in [0.15, 0.2) is 9.92 Å². The van der Waals surface area contributed by atoms with Gasteiger partial charge in [-0.25, -0.2) is 18.8 Å². The number of benzene rings is 1. The van der Waals surface area contributed by atoms with Crippen LogP contribution < -0.4 is 15.2 Å². The minimum absolute atomic E-state index is 0.144. The number of carbonyl (C=O) groups excluding carboxylic acids is 1. The van der Waals surface area contributed by atoms with Gasteiger partial charge in [-0.15, -0.1) is 4.36 Å². The number of nitrogens with zero attached hydrogens (tertiary/aromatic N) is 3. The fraction of sp³-hybridized carbons (Fsp3) is 0.444. The van der Waals surface area contributed by atoms with Crippen molar-refractivity contribution < 1.29 is 13.7 Å². The summed E-state index contributed by atoms with van der Waals surface area (Å²) in [6, 6.07) is -0.713. The Bertz CT molecular complexity index is 1140. The first kappa shape index (κ1) is 18.1. The first-order valence-corrected chi connectivity index (χ1v) is 11.5. The van der Waals surface area contributed by atoms with Crippen LogP contribution in [0.4, 0.5) is 10.5 Å². The van der Waals surface area contributed by atoms with Crippen LogP contribution in [0.5, 0.6) is 5.88 Å². The maximum Gasteiger partial charge on any atom is 0.354 e. The van der Waals surface area contributed by atoms with Crippen molar-refractivity contribution in [2.75, 3.05) is 5.32 Å². The highest BCUT2D eigenvalue weighted by molar-refractivity contribution is 9.10. The van der Waals surface area contributed by atoms with Crippen molar-refractivity contribution in [1.29, 1.82) is 0 Å². The molecule has 1 aliphatic heterocycles. The van der Waals surface area contributed by atoms with Gasteiger partial charge in [0.2, 0.25) is 5.88 Å². The fourth-order valence-electron chi connectivity index (χ4n) is 4.03. The Kier molecular flexibility index (Phi) is 3.76. The van der Waals surface area contributed by atoms with Crippen LogP contribution in [-0.2, 0) is 42.1 Å². The molecular weight excluding hydrogens is 446 g/mol. The van der Waals surface area contributed by atoms with Crippen LogP contribution in [0.15, 0.2) is 19.9 Å². The summed E-state index contributed by atoms with van der Waals surface area (Å²) in [6.07, 6.45) is 5.17. The number of anilines is 1. The van der Waals surface area contributed by atoms with Crippen molar-refractivity contribution in [1.82, 2.24) is 9.78 Å². The van der Waals surface area contributed by atoms with Crippen LogP contribution in [0, 0.1) is 0 Å². The topological polar surface area (TPSA) is 112 Å². The molecule has 2 heterocycles. The van der Waals surface area contributed by atoms with Crippen LogP contribution in [0.1, 0.15) is 36.1 Å². The second-order valence-electron chi connectivity index (χ2n) is 8.03. The Labute approximate surface area is 171 Å². The molecule has 28 heavy (non-hydrogen) atoms. The summed E-state index contributed by atoms with van der Waals surface area (Å²) in [4.78, 5) is 12.7. The molecule has 1 aromatic heterocycles. The molecule has 5 rings (SSSR count). The van der Waals surface area contributed by atoms with Gasteiger partial charge in [0, 0.05) is 10.2 Å². The van der Waals surface area contributed by atoms with E-state index in [1.54, 1.807) is 4.68 Å². The Hall–Kier alpha value is -1.91. The molecule has 10 heteroatoms. The van der Waals surface area contributed by atoms with Crippen LogP contribution >= 0.6 is 15.9 Å². The minimum Gasteiger partial charge on any atom is -0.469 e. The summed E-state index contributed by atoms with van der Waals surface area (Å²) in [7, 11) is -3.48. The van der Waals surface area contributed by atoms with Gasteiger partial charge in [0.1, 0.15) is 10.5 Å². The van der Waals surface area contributed by atoms with Gasteiger partial charge in [-0.2, -0.15) is 5.10 Å². The van der Waals surface area contributed by atoms with E-state index in [0.29, 0.717) is 12.4 Å². The second-order valence-corrected chi connectivity index (χ2v) is 10.6. The van der Waals surface area contributed by atoms with Gasteiger partial charge in [-0.3, -0.25) is 0 Å². The summed E-state index contributed by atoms with van der Waals surface area (Å²) >= 11 is 3.67.